The van der Waals surface area contributed by atoms with E-state index in [1.165, 1.54) is 0 Å². The Labute approximate surface area is 267 Å². The number of aliphatic imine (C=N–C) groups is 1. The van der Waals surface area contributed by atoms with Crippen molar-refractivity contribution in [1.29, 1.82) is 0 Å². The van der Waals surface area contributed by atoms with Gasteiger partial charge in [0.2, 0.25) is 5.92 Å². The second-order valence-electron chi connectivity index (χ2n) is 11.3. The highest BCUT2D eigenvalue weighted by molar-refractivity contribution is 8.00. The van der Waals surface area contributed by atoms with Gasteiger partial charge in [0.15, 0.2) is 11.6 Å². The average Bonchev–Trinajstić information content (AvgIpc) is 3.37. The summed E-state index contributed by atoms with van der Waals surface area (Å²) in [6, 6.07) is 2.71. The molecule has 5 N–H and O–H groups in total. The van der Waals surface area contributed by atoms with E-state index >= 15 is 0 Å². The number of fused-ring (bicyclic) bond motifs is 1. The van der Waals surface area contributed by atoms with Crippen LogP contribution < -0.4 is 5.73 Å². The lowest BCUT2D eigenvalue weighted by atomic mass is 9.79. The van der Waals surface area contributed by atoms with Crippen LogP contribution in [0.25, 0.3) is 5.57 Å². The molecule has 5 rings (SSSR count). The van der Waals surface area contributed by atoms with Crippen LogP contribution in [-0.2, 0) is 15.7 Å². The summed E-state index contributed by atoms with van der Waals surface area (Å²) in [5.41, 5.74) is -0.309. The van der Waals surface area contributed by atoms with Gasteiger partial charge < -0.3 is 30.5 Å². The number of ether oxygens (including phenoxy) is 2. The van der Waals surface area contributed by atoms with E-state index in [2.05, 4.69) is 9.98 Å². The zero-order valence-electron chi connectivity index (χ0n) is 23.7. The van der Waals surface area contributed by atoms with Gasteiger partial charge in [-0.15, -0.1) is 11.8 Å². The van der Waals surface area contributed by atoms with E-state index in [1.54, 1.807) is 0 Å². The van der Waals surface area contributed by atoms with Crippen LogP contribution in [0.5, 0.6) is 0 Å². The van der Waals surface area contributed by atoms with Crippen molar-refractivity contribution in [2.75, 3.05) is 6.61 Å². The summed E-state index contributed by atoms with van der Waals surface area (Å²) < 4.78 is 111. The van der Waals surface area contributed by atoms with Crippen molar-refractivity contribution in [3.05, 3.63) is 70.1 Å². The SMILES string of the molecule is N/C=C(\C=NC1C(O)[C@H](S[C@H](c2ncccc2C(F)(F)F)C2(O)CCC(F)(F)CC2)OC2C(O)CO[C@H]12)c1ccc(Cl)c(F)c1F. The van der Waals surface area contributed by atoms with Gasteiger partial charge in [0.1, 0.15) is 35.9 Å². The Hall–Kier alpha value is -2.47. The minimum atomic E-state index is -4.93. The summed E-state index contributed by atoms with van der Waals surface area (Å²) in [6.45, 7) is -0.261. The molecule has 0 bridgehead atoms. The van der Waals surface area contributed by atoms with Crippen LogP contribution >= 0.6 is 23.4 Å². The number of aromatic nitrogens is 1. The largest absolute Gasteiger partial charge is 0.418 e. The quantitative estimate of drug-likeness (QED) is 0.180. The summed E-state index contributed by atoms with van der Waals surface area (Å²) in [5.74, 6) is -5.81. The Kier molecular flexibility index (Phi) is 10.0. The van der Waals surface area contributed by atoms with E-state index in [9.17, 15) is 46.1 Å². The van der Waals surface area contributed by atoms with Crippen LogP contribution in [0.1, 0.15) is 47.8 Å². The van der Waals surface area contributed by atoms with E-state index in [4.69, 9.17) is 26.8 Å². The minimum Gasteiger partial charge on any atom is -0.404 e. The van der Waals surface area contributed by atoms with Gasteiger partial charge in [-0.25, -0.2) is 17.6 Å². The Morgan fingerprint density at radius 2 is 1.80 bits per heavy atom. The normalized spacial score (nSPS) is 30.4. The lowest BCUT2D eigenvalue weighted by molar-refractivity contribution is -0.143. The molecule has 1 aromatic carbocycles. The monoisotopic (exact) mass is 699 g/mol. The summed E-state index contributed by atoms with van der Waals surface area (Å²) in [4.78, 5) is 8.18. The number of hydrogen-bond acceptors (Lipinski definition) is 9. The van der Waals surface area contributed by atoms with Crippen molar-refractivity contribution in [2.45, 2.75) is 84.5 Å². The third-order valence-corrected chi connectivity index (χ3v) is 10.2. The van der Waals surface area contributed by atoms with Crippen LogP contribution in [0.3, 0.4) is 0 Å². The molecule has 2 saturated heterocycles. The molecule has 46 heavy (non-hydrogen) atoms. The number of hydrogen-bond donors (Lipinski definition) is 4. The molecule has 3 aliphatic rings. The predicted octanol–water partition coefficient (Wildman–Crippen LogP) is 5.03. The van der Waals surface area contributed by atoms with Crippen molar-refractivity contribution < 1.29 is 55.5 Å². The fraction of sp³-hybridized carbons (Fsp3) is 0.517. The van der Waals surface area contributed by atoms with Crippen LogP contribution in [0.2, 0.25) is 5.02 Å². The first kappa shape index (κ1) is 34.9. The molecule has 3 heterocycles. The number of rotatable bonds is 7. The summed E-state index contributed by atoms with van der Waals surface area (Å²) in [7, 11) is 0. The maximum atomic E-state index is 14.6. The van der Waals surface area contributed by atoms with Gasteiger partial charge in [0.05, 0.1) is 33.7 Å². The van der Waals surface area contributed by atoms with Crippen LogP contribution in [0.15, 0.2) is 41.7 Å². The van der Waals surface area contributed by atoms with Crippen molar-refractivity contribution in [3.8, 4) is 0 Å². The maximum absolute atomic E-state index is 14.6. The van der Waals surface area contributed by atoms with E-state index < -0.39 is 112 Å². The van der Waals surface area contributed by atoms with E-state index in [1.807, 2.05) is 0 Å². The number of nitrogens with zero attached hydrogens (tertiary/aromatic N) is 2. The van der Waals surface area contributed by atoms with Gasteiger partial charge in [-0.3, -0.25) is 9.98 Å². The first-order valence-electron chi connectivity index (χ1n) is 14.1. The lowest BCUT2D eigenvalue weighted by Crippen LogP contribution is -2.57. The molecule has 17 heteroatoms. The summed E-state index contributed by atoms with van der Waals surface area (Å²) in [6.07, 6.45) is -9.93. The van der Waals surface area contributed by atoms with E-state index in [-0.39, 0.29) is 17.7 Å². The molecule has 1 aliphatic carbocycles. The number of nitrogens with two attached hydrogens (primary N) is 1. The van der Waals surface area contributed by atoms with Gasteiger partial charge in [-0.2, -0.15) is 13.2 Å². The number of halogens is 8. The average molecular weight is 700 g/mol. The molecule has 8 nitrogen and oxygen atoms in total. The standard InChI is InChI=1S/C29H29ClF7N3O5S/c30-16-4-3-14(18(31)19(16)32)13(10-38)11-40-21-22(42)26(45-23-17(41)12-44-24(21)23)46-25(27(43)5-7-28(33,34)8-6-27)20-15(29(35,36)37)2-1-9-39-20/h1-4,9-11,17,21-26,41-43H,5-8,12,38H2/b13-10+,40-11?/t17?,21?,22?,23?,24-,25-,26+/m1/s1. The number of thioether (sulfide) groups is 1. The Balaban J connectivity index is 1.51. The number of pyridine rings is 1. The maximum Gasteiger partial charge on any atom is 0.418 e. The number of aliphatic hydroxyl groups excluding tert-OH is 2. The smallest absolute Gasteiger partial charge is 0.404 e. The zero-order chi connectivity index (χ0) is 33.6. The van der Waals surface area contributed by atoms with Gasteiger partial charge >= 0.3 is 6.18 Å². The molecule has 2 aromatic rings. The van der Waals surface area contributed by atoms with Crippen molar-refractivity contribution in [2.24, 2.45) is 10.7 Å². The molecule has 0 radical (unpaired) electrons. The molecule has 4 unspecified atom stereocenters. The van der Waals surface area contributed by atoms with Gasteiger partial charge in [-0.05, 0) is 37.1 Å². The molecular weight excluding hydrogens is 671 g/mol. The predicted molar refractivity (Wildman–Crippen MR) is 154 cm³/mol. The molecular formula is C29H29ClF7N3O5S. The zero-order valence-corrected chi connectivity index (χ0v) is 25.3. The molecule has 7 atom stereocenters. The fourth-order valence-electron chi connectivity index (χ4n) is 5.83. The van der Waals surface area contributed by atoms with E-state index in [0.29, 0.717) is 11.8 Å². The van der Waals surface area contributed by atoms with Gasteiger partial charge in [-0.1, -0.05) is 11.6 Å². The Bertz CT molecular complexity index is 1490. The topological polar surface area (TPSA) is 130 Å². The van der Waals surface area contributed by atoms with Crippen LogP contribution in [-0.4, -0.2) is 80.5 Å². The Morgan fingerprint density at radius 1 is 1.11 bits per heavy atom. The fourth-order valence-corrected chi connectivity index (χ4v) is 7.56. The minimum absolute atomic E-state index is 0.135. The van der Waals surface area contributed by atoms with Gasteiger partial charge in [0, 0.05) is 42.6 Å². The highest BCUT2D eigenvalue weighted by atomic mass is 35.5. The third kappa shape index (κ3) is 6.89. The number of benzene rings is 1. The van der Waals surface area contributed by atoms with Gasteiger partial charge in [0.25, 0.3) is 0 Å². The Morgan fingerprint density at radius 3 is 2.46 bits per heavy atom. The number of aliphatic hydroxyl groups is 3. The van der Waals surface area contributed by atoms with Crippen LogP contribution in [0, 0.1) is 11.6 Å². The van der Waals surface area contributed by atoms with Crippen molar-refractivity contribution in [1.82, 2.24) is 4.98 Å². The first-order valence-corrected chi connectivity index (χ1v) is 15.4. The molecule has 252 valence electrons. The van der Waals surface area contributed by atoms with Crippen LogP contribution in [0.4, 0.5) is 30.7 Å². The summed E-state index contributed by atoms with van der Waals surface area (Å²) >= 11 is 6.16. The second-order valence-corrected chi connectivity index (χ2v) is 13.0. The highest BCUT2D eigenvalue weighted by Crippen LogP contribution is 2.54. The molecule has 0 spiro atoms. The van der Waals surface area contributed by atoms with Crippen molar-refractivity contribution >= 4 is 35.2 Å². The molecule has 1 aromatic heterocycles. The number of alkyl halides is 5. The van der Waals surface area contributed by atoms with E-state index in [0.717, 1.165) is 42.9 Å². The first-order chi connectivity index (χ1) is 21.6. The summed E-state index contributed by atoms with van der Waals surface area (Å²) in [5, 5.41) is 31.6. The molecule has 0 amide bonds. The lowest BCUT2D eigenvalue weighted by Gasteiger charge is -2.45. The molecule has 1 saturated carbocycles. The molecule has 3 fully saturated rings. The third-order valence-electron chi connectivity index (χ3n) is 8.33. The van der Waals surface area contributed by atoms with Crippen molar-refractivity contribution in [3.63, 3.8) is 0 Å². The molecule has 2 aliphatic heterocycles. The highest BCUT2D eigenvalue weighted by Gasteiger charge is 2.56. The number of allylic oxidation sites excluding steroid dienone is 1. The second kappa shape index (κ2) is 13.2.